The van der Waals surface area contributed by atoms with Crippen molar-refractivity contribution in [3.8, 4) is 0 Å². The molecule has 0 aliphatic heterocycles. The van der Waals surface area contributed by atoms with Gasteiger partial charge in [-0.1, -0.05) is 4.68 Å². The van der Waals surface area contributed by atoms with Crippen LogP contribution in [-0.4, -0.2) is 20.1 Å². The normalized spacial score (nSPS) is 10.9. The topological polar surface area (TPSA) is 83.7 Å². The Morgan fingerprint density at radius 2 is 2.40 bits per heavy atom. The molecule has 2 rings (SSSR count). The Balaban J connectivity index is 2.95. The third kappa shape index (κ3) is 0.437. The molecule has 0 saturated heterocycles. The second-order valence-corrected chi connectivity index (χ2v) is 1.79. The van der Waals surface area contributed by atoms with E-state index in [-0.39, 0.29) is 5.65 Å². The Bertz CT molecular complexity index is 362. The molecule has 0 radical (unpaired) electrons. The van der Waals surface area contributed by atoms with Crippen LogP contribution in [0.5, 0.6) is 0 Å². The minimum Gasteiger partial charge on any atom is -0.571 e. The van der Waals surface area contributed by atoms with Crippen LogP contribution in [0.4, 0.5) is 0 Å². The van der Waals surface area contributed by atoms with E-state index in [1.54, 1.807) is 0 Å². The van der Waals surface area contributed by atoms with Crippen molar-refractivity contribution in [2.24, 2.45) is 7.05 Å². The van der Waals surface area contributed by atoms with E-state index < -0.39 is 0 Å². The van der Waals surface area contributed by atoms with Gasteiger partial charge in [-0.2, -0.15) is 0 Å². The Labute approximate surface area is 54.4 Å². The number of nitrogens with zero attached hydrogens (tertiary/aromatic N) is 5. The van der Waals surface area contributed by atoms with Gasteiger partial charge in [-0.3, -0.25) is 0 Å². The molecule has 7 heteroatoms. The summed E-state index contributed by atoms with van der Waals surface area (Å²) in [4.78, 5) is 0.389. The van der Waals surface area contributed by atoms with Crippen LogP contribution in [0, 0.1) is 5.21 Å². The van der Waals surface area contributed by atoms with Crippen molar-refractivity contribution in [1.29, 1.82) is 0 Å². The first-order valence-corrected chi connectivity index (χ1v) is 2.54. The molecule has 0 saturated carbocycles. The standard InChI is InChI=1S/C3H3N5O2/c1-7-3-2(4-8(7)9)5-10-6-3/h1H3. The first-order valence-electron chi connectivity index (χ1n) is 2.54. The van der Waals surface area contributed by atoms with Crippen molar-refractivity contribution in [2.75, 3.05) is 0 Å². The zero-order valence-corrected chi connectivity index (χ0v) is 5.05. The van der Waals surface area contributed by atoms with Crippen LogP contribution in [0.15, 0.2) is 4.63 Å². The van der Waals surface area contributed by atoms with E-state index in [9.17, 15) is 5.21 Å². The van der Waals surface area contributed by atoms with E-state index in [0.29, 0.717) is 10.6 Å². The predicted molar refractivity (Wildman–Crippen MR) is 27.5 cm³/mol. The van der Waals surface area contributed by atoms with Crippen molar-refractivity contribution in [2.45, 2.75) is 0 Å². The summed E-state index contributed by atoms with van der Waals surface area (Å²) in [6, 6.07) is 0. The maximum atomic E-state index is 10.6. The average molecular weight is 141 g/mol. The van der Waals surface area contributed by atoms with Gasteiger partial charge >= 0.3 is 5.65 Å². The maximum Gasteiger partial charge on any atom is 0.316 e. The number of aryl methyl sites for hydroxylation is 1. The number of aromatic nitrogens is 5. The first kappa shape index (κ1) is 5.15. The summed E-state index contributed by atoms with van der Waals surface area (Å²) in [5.74, 6) is 0. The van der Waals surface area contributed by atoms with Crippen molar-refractivity contribution < 1.29 is 9.59 Å². The zero-order valence-electron chi connectivity index (χ0n) is 5.05. The number of hydrogen-bond donors (Lipinski definition) is 0. The number of rotatable bonds is 0. The van der Waals surface area contributed by atoms with Gasteiger partial charge < -0.3 is 5.21 Å². The monoisotopic (exact) mass is 141 g/mol. The molecule has 0 aliphatic rings. The minimum atomic E-state index is 0.220. The van der Waals surface area contributed by atoms with E-state index in [1.165, 1.54) is 11.7 Å². The predicted octanol–water partition coefficient (Wildman–Crippen LogP) is -1.41. The summed E-state index contributed by atoms with van der Waals surface area (Å²) in [7, 11) is 1.52. The Hall–Kier alpha value is -1.66. The molecule has 0 aliphatic carbocycles. The zero-order chi connectivity index (χ0) is 7.14. The third-order valence-corrected chi connectivity index (χ3v) is 1.20. The summed E-state index contributed by atoms with van der Waals surface area (Å²) in [6.07, 6.45) is 0. The van der Waals surface area contributed by atoms with Crippen molar-refractivity contribution in [3.63, 3.8) is 0 Å². The lowest BCUT2D eigenvalue weighted by Gasteiger charge is -1.86. The molecule has 0 bridgehead atoms. The van der Waals surface area contributed by atoms with Crippen LogP contribution < -0.4 is 4.96 Å². The van der Waals surface area contributed by atoms with Gasteiger partial charge in [0, 0.05) is 4.96 Å². The van der Waals surface area contributed by atoms with E-state index in [1.807, 2.05) is 0 Å². The Morgan fingerprint density at radius 3 is 3.10 bits per heavy atom. The van der Waals surface area contributed by atoms with Gasteiger partial charge in [0.15, 0.2) is 0 Å². The van der Waals surface area contributed by atoms with E-state index in [2.05, 4.69) is 20.0 Å². The summed E-state index contributed by atoms with van der Waals surface area (Å²) in [5.41, 5.74) is 0.563. The molecule has 10 heavy (non-hydrogen) atoms. The van der Waals surface area contributed by atoms with Crippen molar-refractivity contribution >= 4 is 11.3 Å². The van der Waals surface area contributed by atoms with E-state index >= 15 is 0 Å². The van der Waals surface area contributed by atoms with Crippen LogP contribution in [0.2, 0.25) is 0 Å². The second-order valence-electron chi connectivity index (χ2n) is 1.79. The largest absolute Gasteiger partial charge is 0.571 e. The van der Waals surface area contributed by atoms with Gasteiger partial charge in [-0.25, -0.2) is 4.63 Å². The quantitative estimate of drug-likeness (QED) is 0.332. The molecule has 0 spiro atoms. The smallest absolute Gasteiger partial charge is 0.316 e. The summed E-state index contributed by atoms with van der Waals surface area (Å²) in [5, 5.41) is 20.9. The van der Waals surface area contributed by atoms with Gasteiger partial charge in [0.1, 0.15) is 0 Å². The fraction of sp³-hybridized carbons (Fsp3) is 0.333. The van der Waals surface area contributed by atoms with Crippen molar-refractivity contribution in [1.82, 2.24) is 20.1 Å². The highest BCUT2D eigenvalue weighted by molar-refractivity contribution is 5.60. The van der Waals surface area contributed by atoms with Crippen LogP contribution in [0.25, 0.3) is 11.3 Å². The molecule has 0 unspecified atom stereocenters. The lowest BCUT2D eigenvalue weighted by Crippen LogP contribution is -2.38. The highest BCUT2D eigenvalue weighted by Gasteiger charge is 2.14. The average Bonchev–Trinajstić information content (AvgIpc) is 2.41. The Kier molecular flexibility index (Phi) is 0.739. The lowest BCUT2D eigenvalue weighted by molar-refractivity contribution is -0.744. The molecule has 7 nitrogen and oxygen atoms in total. The SMILES string of the molecule is Cn1c2nonc2n[n+]1[O-]. The summed E-state index contributed by atoms with van der Waals surface area (Å²) in [6.45, 7) is 0. The van der Waals surface area contributed by atoms with Crippen molar-refractivity contribution in [3.05, 3.63) is 5.21 Å². The highest BCUT2D eigenvalue weighted by Crippen LogP contribution is 1.98. The fourth-order valence-corrected chi connectivity index (χ4v) is 0.675. The first-order chi connectivity index (χ1) is 4.79. The highest BCUT2D eigenvalue weighted by atomic mass is 16.6. The molecular weight excluding hydrogens is 138 g/mol. The number of fused-ring (bicyclic) bond motifs is 1. The molecule has 0 atom stereocenters. The number of hydrogen-bond acceptors (Lipinski definition) is 5. The molecule has 2 aromatic rings. The van der Waals surface area contributed by atoms with Gasteiger partial charge in [0.25, 0.3) is 5.65 Å². The maximum absolute atomic E-state index is 10.6. The summed E-state index contributed by atoms with van der Waals surface area (Å²) >= 11 is 0. The van der Waals surface area contributed by atoms with E-state index in [0.717, 1.165) is 0 Å². The Morgan fingerprint density at radius 1 is 1.60 bits per heavy atom. The van der Waals surface area contributed by atoms with Crippen LogP contribution in [-0.2, 0) is 7.05 Å². The molecule has 0 N–H and O–H groups in total. The van der Waals surface area contributed by atoms with Gasteiger partial charge in [0.05, 0.1) is 12.1 Å². The lowest BCUT2D eigenvalue weighted by atomic mass is 10.8. The second kappa shape index (κ2) is 1.43. The molecule has 0 aromatic carbocycles. The molecule has 0 amide bonds. The van der Waals surface area contributed by atoms with Gasteiger partial charge in [0.2, 0.25) is 0 Å². The van der Waals surface area contributed by atoms with Crippen LogP contribution in [0.1, 0.15) is 0 Å². The molecular formula is C3H3N5O2. The minimum absolute atomic E-state index is 0.220. The molecule has 0 fully saturated rings. The van der Waals surface area contributed by atoms with Crippen LogP contribution >= 0.6 is 0 Å². The molecule has 52 valence electrons. The molecule has 2 aromatic heterocycles. The third-order valence-electron chi connectivity index (χ3n) is 1.20. The van der Waals surface area contributed by atoms with Gasteiger partial charge in [-0.15, -0.1) is 0 Å². The fourth-order valence-electron chi connectivity index (χ4n) is 0.675. The summed E-state index contributed by atoms with van der Waals surface area (Å²) < 4.78 is 5.49. The van der Waals surface area contributed by atoms with Crippen LogP contribution in [0.3, 0.4) is 0 Å². The molecule has 2 heterocycles. The van der Waals surface area contributed by atoms with E-state index in [4.69, 9.17) is 0 Å². The van der Waals surface area contributed by atoms with Gasteiger partial charge in [-0.05, 0) is 10.3 Å².